The molecule has 6 heteroatoms. The van der Waals surface area contributed by atoms with E-state index < -0.39 is 0 Å². The summed E-state index contributed by atoms with van der Waals surface area (Å²) < 4.78 is 0. The number of nitrogens with one attached hydrogen (secondary N) is 2. The van der Waals surface area contributed by atoms with E-state index in [0.717, 1.165) is 28.6 Å². The first kappa shape index (κ1) is 18.6. The van der Waals surface area contributed by atoms with Crippen molar-refractivity contribution in [3.8, 4) is 0 Å². The third kappa shape index (κ3) is 4.06. The molecule has 0 unspecified atom stereocenters. The topological polar surface area (TPSA) is 79.8 Å². The predicted octanol–water partition coefficient (Wildman–Crippen LogP) is 4.89. The number of carbonyl (C=O) groups is 1. The number of hydrogen-bond donors (Lipinski definition) is 2. The summed E-state index contributed by atoms with van der Waals surface area (Å²) in [5.74, 6) is 0.0903. The van der Waals surface area contributed by atoms with Crippen molar-refractivity contribution in [1.82, 2.24) is 15.0 Å². The van der Waals surface area contributed by atoms with Crippen molar-refractivity contribution >= 4 is 34.1 Å². The summed E-state index contributed by atoms with van der Waals surface area (Å²) in [5, 5.41) is 7.12. The number of anilines is 3. The lowest BCUT2D eigenvalue weighted by molar-refractivity contribution is 0.102. The Morgan fingerprint density at radius 3 is 2.62 bits per heavy atom. The van der Waals surface area contributed by atoms with Gasteiger partial charge in [-0.25, -0.2) is 9.97 Å². The van der Waals surface area contributed by atoms with Crippen molar-refractivity contribution in [3.63, 3.8) is 0 Å². The molecule has 0 saturated carbocycles. The Morgan fingerprint density at radius 1 is 0.966 bits per heavy atom. The molecule has 2 aromatic carbocycles. The second-order valence-corrected chi connectivity index (χ2v) is 6.69. The highest BCUT2D eigenvalue weighted by Gasteiger charge is 2.13. The van der Waals surface area contributed by atoms with Crippen LogP contribution in [0.1, 0.15) is 28.7 Å². The van der Waals surface area contributed by atoms with E-state index in [-0.39, 0.29) is 5.91 Å². The number of aryl methyl sites for hydroxylation is 2. The highest BCUT2D eigenvalue weighted by Crippen LogP contribution is 2.22. The average molecular weight is 383 g/mol. The number of fused-ring (bicyclic) bond motifs is 1. The monoisotopic (exact) mass is 383 g/mol. The van der Waals surface area contributed by atoms with Gasteiger partial charge in [-0.3, -0.25) is 9.78 Å². The first-order chi connectivity index (χ1) is 14.1. The van der Waals surface area contributed by atoms with Crippen molar-refractivity contribution in [1.29, 1.82) is 0 Å². The van der Waals surface area contributed by atoms with E-state index in [9.17, 15) is 4.79 Å². The maximum absolute atomic E-state index is 12.9. The maximum Gasteiger partial charge on any atom is 0.274 e. The Hall–Kier alpha value is -3.80. The molecule has 4 rings (SSSR count). The van der Waals surface area contributed by atoms with Crippen LogP contribution in [-0.4, -0.2) is 20.9 Å². The molecular weight excluding hydrogens is 362 g/mol. The summed E-state index contributed by atoms with van der Waals surface area (Å²) in [4.78, 5) is 26.1. The van der Waals surface area contributed by atoms with Gasteiger partial charge in [-0.05, 0) is 43.2 Å². The zero-order chi connectivity index (χ0) is 20.2. The van der Waals surface area contributed by atoms with Crippen LogP contribution in [0, 0.1) is 6.92 Å². The van der Waals surface area contributed by atoms with Crippen LogP contribution in [-0.2, 0) is 6.42 Å². The van der Waals surface area contributed by atoms with Crippen LogP contribution in [0.15, 0.2) is 66.9 Å². The number of amides is 1. The summed E-state index contributed by atoms with van der Waals surface area (Å²) in [5.41, 5.74) is 4.48. The van der Waals surface area contributed by atoms with Crippen LogP contribution in [0.2, 0.25) is 0 Å². The Labute approximate surface area is 169 Å². The molecule has 4 aromatic rings. The molecule has 0 bridgehead atoms. The SMILES string of the molecule is CCc1ccccc1Nc1nc(C)cc(C(=O)Nc2cccc3cccnc23)n1. The zero-order valence-corrected chi connectivity index (χ0v) is 16.3. The van der Waals surface area contributed by atoms with Gasteiger partial charge in [-0.1, -0.05) is 43.3 Å². The van der Waals surface area contributed by atoms with E-state index in [2.05, 4.69) is 38.6 Å². The fourth-order valence-electron chi connectivity index (χ4n) is 3.20. The molecule has 0 atom stereocenters. The van der Waals surface area contributed by atoms with Crippen molar-refractivity contribution in [3.05, 3.63) is 83.8 Å². The molecule has 29 heavy (non-hydrogen) atoms. The summed E-state index contributed by atoms with van der Waals surface area (Å²) in [6, 6.07) is 19.2. The maximum atomic E-state index is 12.9. The van der Waals surface area contributed by atoms with E-state index in [1.165, 1.54) is 0 Å². The molecule has 0 aliphatic carbocycles. The summed E-state index contributed by atoms with van der Waals surface area (Å²) in [6.45, 7) is 3.93. The Balaban J connectivity index is 1.62. The standard InChI is InChI=1S/C23H21N5O/c1-3-16-8-4-5-11-18(16)27-23-25-15(2)14-20(28-23)22(29)26-19-12-6-9-17-10-7-13-24-21(17)19/h4-14H,3H2,1-2H3,(H,26,29)(H,25,27,28). The summed E-state index contributed by atoms with van der Waals surface area (Å²) in [7, 11) is 0. The van der Waals surface area contributed by atoms with E-state index in [1.54, 1.807) is 12.3 Å². The van der Waals surface area contributed by atoms with Crippen LogP contribution < -0.4 is 10.6 Å². The molecule has 6 nitrogen and oxygen atoms in total. The molecule has 2 heterocycles. The quantitative estimate of drug-likeness (QED) is 0.513. The lowest BCUT2D eigenvalue weighted by atomic mass is 10.1. The average Bonchev–Trinajstić information content (AvgIpc) is 2.74. The van der Waals surface area contributed by atoms with Crippen LogP contribution >= 0.6 is 0 Å². The third-order valence-corrected chi connectivity index (χ3v) is 4.61. The van der Waals surface area contributed by atoms with Crippen LogP contribution in [0.3, 0.4) is 0 Å². The highest BCUT2D eigenvalue weighted by atomic mass is 16.1. The minimum absolute atomic E-state index is 0.293. The molecule has 0 saturated heterocycles. The number of para-hydroxylation sites is 2. The molecule has 2 aromatic heterocycles. The van der Waals surface area contributed by atoms with Gasteiger partial charge in [0.2, 0.25) is 5.95 Å². The first-order valence-electron chi connectivity index (χ1n) is 9.50. The van der Waals surface area contributed by atoms with Gasteiger partial charge in [0.15, 0.2) is 0 Å². The smallest absolute Gasteiger partial charge is 0.274 e. The number of carbonyl (C=O) groups excluding carboxylic acids is 1. The normalized spacial score (nSPS) is 10.7. The Bertz CT molecular complexity index is 1180. The molecule has 2 N–H and O–H groups in total. The van der Waals surface area contributed by atoms with Gasteiger partial charge in [0.05, 0.1) is 11.2 Å². The molecule has 1 amide bonds. The van der Waals surface area contributed by atoms with E-state index in [1.807, 2.05) is 55.5 Å². The number of aromatic nitrogens is 3. The van der Waals surface area contributed by atoms with Crippen LogP contribution in [0.5, 0.6) is 0 Å². The zero-order valence-electron chi connectivity index (χ0n) is 16.3. The second kappa shape index (κ2) is 8.06. The van der Waals surface area contributed by atoms with Gasteiger partial charge in [-0.15, -0.1) is 0 Å². The van der Waals surface area contributed by atoms with Crippen molar-refractivity contribution in [2.24, 2.45) is 0 Å². The number of pyridine rings is 1. The Morgan fingerprint density at radius 2 is 1.76 bits per heavy atom. The lowest BCUT2D eigenvalue weighted by Gasteiger charge is -2.12. The Kier molecular flexibility index (Phi) is 5.16. The van der Waals surface area contributed by atoms with Gasteiger partial charge >= 0.3 is 0 Å². The van der Waals surface area contributed by atoms with Crippen molar-refractivity contribution in [2.45, 2.75) is 20.3 Å². The van der Waals surface area contributed by atoms with Crippen LogP contribution in [0.4, 0.5) is 17.3 Å². The minimum Gasteiger partial charge on any atom is -0.324 e. The third-order valence-electron chi connectivity index (χ3n) is 4.61. The van der Waals surface area contributed by atoms with Crippen molar-refractivity contribution < 1.29 is 4.79 Å². The van der Waals surface area contributed by atoms with E-state index in [0.29, 0.717) is 23.0 Å². The summed E-state index contributed by atoms with van der Waals surface area (Å²) in [6.07, 6.45) is 2.59. The number of rotatable bonds is 5. The molecule has 0 aliphatic heterocycles. The highest BCUT2D eigenvalue weighted by molar-refractivity contribution is 6.07. The lowest BCUT2D eigenvalue weighted by Crippen LogP contribution is -2.16. The first-order valence-corrected chi connectivity index (χ1v) is 9.50. The molecule has 0 aliphatic rings. The van der Waals surface area contributed by atoms with Crippen molar-refractivity contribution in [2.75, 3.05) is 10.6 Å². The largest absolute Gasteiger partial charge is 0.324 e. The van der Waals surface area contributed by atoms with Gasteiger partial charge in [0, 0.05) is 23.0 Å². The molecule has 0 radical (unpaired) electrons. The second-order valence-electron chi connectivity index (χ2n) is 6.69. The van der Waals surface area contributed by atoms with Gasteiger partial charge in [0.1, 0.15) is 5.69 Å². The van der Waals surface area contributed by atoms with Crippen LogP contribution in [0.25, 0.3) is 10.9 Å². The number of hydrogen-bond acceptors (Lipinski definition) is 5. The molecule has 144 valence electrons. The van der Waals surface area contributed by atoms with E-state index in [4.69, 9.17) is 0 Å². The fourth-order valence-corrected chi connectivity index (χ4v) is 3.20. The minimum atomic E-state index is -0.305. The fraction of sp³-hybridized carbons (Fsp3) is 0.130. The number of benzene rings is 2. The van der Waals surface area contributed by atoms with Gasteiger partial charge < -0.3 is 10.6 Å². The van der Waals surface area contributed by atoms with E-state index >= 15 is 0 Å². The molecule has 0 fully saturated rings. The molecule has 0 spiro atoms. The van der Waals surface area contributed by atoms with Gasteiger partial charge in [0.25, 0.3) is 5.91 Å². The summed E-state index contributed by atoms with van der Waals surface area (Å²) >= 11 is 0. The van der Waals surface area contributed by atoms with Gasteiger partial charge in [-0.2, -0.15) is 0 Å². The molecular formula is C23H21N5O. The number of nitrogens with zero attached hydrogens (tertiary/aromatic N) is 3. The predicted molar refractivity (Wildman–Crippen MR) is 116 cm³/mol.